The highest BCUT2D eigenvalue weighted by Crippen LogP contribution is 2.49. The molecule has 1 heterocycles. The molecule has 1 saturated carbocycles. The van der Waals surface area contributed by atoms with Crippen molar-refractivity contribution in [3.05, 3.63) is 40.1 Å². The summed E-state index contributed by atoms with van der Waals surface area (Å²) in [6.07, 6.45) is 3.65. The number of ether oxygens (including phenoxy) is 2. The number of carbonyl (C=O) groups is 2. The summed E-state index contributed by atoms with van der Waals surface area (Å²) in [5, 5.41) is 0.000000000000000222. The third-order valence-electron chi connectivity index (χ3n) is 5.36. The molecule has 1 spiro atoms. The van der Waals surface area contributed by atoms with Crippen molar-refractivity contribution < 1.29 is 19.1 Å². The Hall–Kier alpha value is -2.41. The van der Waals surface area contributed by atoms with Crippen molar-refractivity contribution in [1.29, 1.82) is 0 Å². The van der Waals surface area contributed by atoms with Crippen molar-refractivity contribution in [3.63, 3.8) is 0 Å². The summed E-state index contributed by atoms with van der Waals surface area (Å²) < 4.78 is 11.8. The molecule has 0 atom stereocenters. The molecule has 1 fully saturated rings. The van der Waals surface area contributed by atoms with Crippen LogP contribution in [0.3, 0.4) is 0 Å². The maximum atomic E-state index is 12.9. The fourth-order valence-corrected chi connectivity index (χ4v) is 4.39. The van der Waals surface area contributed by atoms with E-state index in [0.717, 1.165) is 35.1 Å². The first-order chi connectivity index (χ1) is 14.3. The number of nitrogens with two attached hydrogens (primary N) is 2. The summed E-state index contributed by atoms with van der Waals surface area (Å²) in [5.41, 5.74) is 12.7. The molecular weight excluding hydrogens is 412 g/mol. The summed E-state index contributed by atoms with van der Waals surface area (Å²) in [4.78, 5) is 25.6. The van der Waals surface area contributed by atoms with Crippen molar-refractivity contribution in [2.24, 2.45) is 16.9 Å². The van der Waals surface area contributed by atoms with Crippen molar-refractivity contribution in [2.75, 3.05) is 0 Å². The quantitative estimate of drug-likeness (QED) is 0.525. The van der Waals surface area contributed by atoms with Gasteiger partial charge in [-0.15, -0.1) is 0 Å². The third-order valence-corrected chi connectivity index (χ3v) is 5.36. The van der Waals surface area contributed by atoms with Crippen LogP contribution in [0.15, 0.2) is 17.9 Å². The van der Waals surface area contributed by atoms with E-state index in [1.807, 2.05) is 41.5 Å². The Morgan fingerprint density at radius 1 is 1.13 bits per heavy atom. The second kappa shape index (κ2) is 9.39. The lowest BCUT2D eigenvalue weighted by Crippen LogP contribution is -2.31. The molecule has 4 N–H and O–H groups in total. The second-order valence-corrected chi connectivity index (χ2v) is 10.2. The van der Waals surface area contributed by atoms with Gasteiger partial charge in [0.2, 0.25) is 0 Å². The number of carbonyl (C=O) groups excluding carboxylic acids is 2. The summed E-state index contributed by atoms with van der Waals surface area (Å²) >= 11 is 4.09. The molecule has 0 saturated heterocycles. The van der Waals surface area contributed by atoms with Crippen LogP contribution in [0.4, 0.5) is 0 Å². The number of benzene rings is 1. The van der Waals surface area contributed by atoms with Crippen molar-refractivity contribution in [3.8, 4) is 0 Å². The fourth-order valence-electron chi connectivity index (χ4n) is 4.39. The van der Waals surface area contributed by atoms with Crippen molar-refractivity contribution in [2.45, 2.75) is 79.2 Å². The summed E-state index contributed by atoms with van der Waals surface area (Å²) in [5.74, 6) is -0.234. The van der Waals surface area contributed by atoms with Gasteiger partial charge in [0.05, 0.1) is 6.42 Å². The highest BCUT2D eigenvalue weighted by atomic mass is 32.1. The van der Waals surface area contributed by atoms with Gasteiger partial charge in [-0.3, -0.25) is 4.79 Å². The first-order valence-corrected chi connectivity index (χ1v) is 11.0. The number of hydrogen-bond acceptors (Lipinski definition) is 5. The highest BCUT2D eigenvalue weighted by molar-refractivity contribution is 7.80. The Labute approximate surface area is 190 Å². The van der Waals surface area contributed by atoms with E-state index < -0.39 is 5.60 Å². The smallest absolute Gasteiger partial charge is 0.343 e. The highest BCUT2D eigenvalue weighted by Gasteiger charge is 2.52. The molecule has 7 heteroatoms. The van der Waals surface area contributed by atoms with Gasteiger partial charge in [0.1, 0.15) is 5.57 Å². The Balaban J connectivity index is 0.000000785. The summed E-state index contributed by atoms with van der Waals surface area (Å²) in [7, 11) is 0. The van der Waals surface area contributed by atoms with Crippen LogP contribution in [-0.4, -0.2) is 22.7 Å². The summed E-state index contributed by atoms with van der Waals surface area (Å²) in [6.45, 7) is 12.0. The number of hydrogen-bond donors (Lipinski definition) is 2. The minimum atomic E-state index is -0.774. The number of aryl methyl sites for hydroxylation is 3. The molecule has 6 nitrogen and oxygen atoms in total. The van der Waals surface area contributed by atoms with Crippen LogP contribution in [0.1, 0.15) is 75.1 Å². The SMILES string of the molecule is Cc1cc(C)c(C2=C(OC(=O)CC(C)(C)C)C3(CCCC3)OC2=O)c(C)c1.NC(N)=S. The van der Waals surface area contributed by atoms with Gasteiger partial charge in [0, 0.05) is 0 Å². The summed E-state index contributed by atoms with van der Waals surface area (Å²) in [6, 6.07) is 4.10. The van der Waals surface area contributed by atoms with Gasteiger partial charge in [0.25, 0.3) is 0 Å². The van der Waals surface area contributed by atoms with Gasteiger partial charge in [-0.25, -0.2) is 4.79 Å². The Bertz CT molecular complexity index is 895. The van der Waals surface area contributed by atoms with E-state index in [4.69, 9.17) is 9.47 Å². The topological polar surface area (TPSA) is 105 Å². The van der Waals surface area contributed by atoms with Gasteiger partial charge in [-0.1, -0.05) is 38.5 Å². The average Bonchev–Trinajstić information content (AvgIpc) is 3.12. The first-order valence-electron chi connectivity index (χ1n) is 10.6. The molecule has 0 bridgehead atoms. The standard InChI is InChI=1S/C23H30O4.CH4N2S/c1-14-11-15(2)18(16(3)12-14)19-20(26-17(24)13-22(4,5)6)23(27-21(19)25)9-7-8-10-23;2-1(3)4/h11-12H,7-10,13H2,1-6H3;(H4,2,3,4). The zero-order valence-electron chi connectivity index (χ0n) is 19.4. The second-order valence-electron chi connectivity index (χ2n) is 9.68. The molecule has 1 aliphatic heterocycles. The van der Waals surface area contributed by atoms with Crippen LogP contribution in [0.25, 0.3) is 5.57 Å². The lowest BCUT2D eigenvalue weighted by molar-refractivity contribution is -0.153. The molecule has 1 aromatic carbocycles. The average molecular weight is 447 g/mol. The van der Waals surface area contributed by atoms with E-state index in [1.54, 1.807) is 0 Å². The monoisotopic (exact) mass is 446 g/mol. The molecule has 0 aromatic heterocycles. The lowest BCUT2D eigenvalue weighted by Gasteiger charge is -2.26. The van der Waals surface area contributed by atoms with E-state index in [0.29, 0.717) is 30.6 Å². The van der Waals surface area contributed by atoms with E-state index in [2.05, 4.69) is 35.8 Å². The van der Waals surface area contributed by atoms with Gasteiger partial charge in [-0.2, -0.15) is 0 Å². The van der Waals surface area contributed by atoms with Gasteiger partial charge < -0.3 is 20.9 Å². The molecule has 3 rings (SSSR count). The fraction of sp³-hybridized carbons (Fsp3) is 0.542. The third kappa shape index (κ3) is 6.06. The normalized spacial score (nSPS) is 17.3. The molecule has 0 amide bonds. The van der Waals surface area contributed by atoms with Crippen LogP contribution in [0.2, 0.25) is 0 Å². The molecular formula is C24H34N2O4S. The Morgan fingerprint density at radius 2 is 1.61 bits per heavy atom. The predicted molar refractivity (Wildman–Crippen MR) is 126 cm³/mol. The molecule has 0 radical (unpaired) electrons. The maximum Gasteiger partial charge on any atom is 0.343 e. The Kier molecular flexibility index (Phi) is 7.53. The van der Waals surface area contributed by atoms with Crippen LogP contribution in [0.5, 0.6) is 0 Å². The number of thiocarbonyl (C=S) groups is 1. The Morgan fingerprint density at radius 3 is 2.06 bits per heavy atom. The van der Waals surface area contributed by atoms with Gasteiger partial charge in [0.15, 0.2) is 16.5 Å². The molecule has 0 unspecified atom stereocenters. The molecule has 170 valence electrons. The van der Waals surface area contributed by atoms with Crippen LogP contribution in [0, 0.1) is 26.2 Å². The first kappa shape index (κ1) is 24.9. The van der Waals surface area contributed by atoms with Crippen LogP contribution in [-0.2, 0) is 19.1 Å². The molecule has 2 aliphatic rings. The lowest BCUT2D eigenvalue weighted by atomic mass is 9.89. The van der Waals surface area contributed by atoms with Crippen LogP contribution < -0.4 is 11.5 Å². The molecule has 31 heavy (non-hydrogen) atoms. The van der Waals surface area contributed by atoms with E-state index >= 15 is 0 Å². The zero-order valence-corrected chi connectivity index (χ0v) is 20.2. The zero-order chi connectivity index (χ0) is 23.6. The predicted octanol–water partition coefficient (Wildman–Crippen LogP) is 4.36. The molecule has 1 aromatic rings. The van der Waals surface area contributed by atoms with Crippen molar-refractivity contribution >= 4 is 34.8 Å². The maximum absolute atomic E-state index is 12.9. The molecule has 1 aliphatic carbocycles. The van der Waals surface area contributed by atoms with Crippen molar-refractivity contribution in [1.82, 2.24) is 0 Å². The number of esters is 2. The largest absolute Gasteiger partial charge is 0.447 e. The van der Waals surface area contributed by atoms with E-state index in [9.17, 15) is 9.59 Å². The van der Waals surface area contributed by atoms with E-state index in [1.165, 1.54) is 0 Å². The minimum Gasteiger partial charge on any atom is -0.447 e. The van der Waals surface area contributed by atoms with Gasteiger partial charge >= 0.3 is 11.9 Å². The van der Waals surface area contributed by atoms with E-state index in [-0.39, 0.29) is 22.5 Å². The number of rotatable bonds is 3. The van der Waals surface area contributed by atoms with Crippen LogP contribution >= 0.6 is 12.2 Å². The van der Waals surface area contributed by atoms with Gasteiger partial charge in [-0.05, 0) is 80.8 Å². The minimum absolute atomic E-state index is 0.000000000000000222.